The molecule has 2 nitrogen and oxygen atoms in total. The van der Waals surface area contributed by atoms with Gasteiger partial charge in [0.2, 0.25) is 0 Å². The van der Waals surface area contributed by atoms with Crippen molar-refractivity contribution in [1.29, 1.82) is 0 Å². The van der Waals surface area contributed by atoms with Crippen molar-refractivity contribution in [3.8, 4) is 22.3 Å². The van der Waals surface area contributed by atoms with Gasteiger partial charge in [0.25, 0.3) is 0 Å². The fraction of sp³-hybridized carbons (Fsp3) is 0.0698. The summed E-state index contributed by atoms with van der Waals surface area (Å²) in [7, 11) is 0. The van der Waals surface area contributed by atoms with Crippen LogP contribution in [0.4, 0.5) is 5.69 Å². The number of thiophene rings is 1. The van der Waals surface area contributed by atoms with Gasteiger partial charge in [0.05, 0.1) is 6.04 Å². The van der Waals surface area contributed by atoms with Crippen molar-refractivity contribution in [1.82, 2.24) is 0 Å². The van der Waals surface area contributed by atoms with Crippen LogP contribution < -0.4 is 5.32 Å². The quantitative estimate of drug-likeness (QED) is 0.210. The van der Waals surface area contributed by atoms with E-state index >= 15 is 0 Å². The van der Waals surface area contributed by atoms with Crippen LogP contribution in [-0.4, -0.2) is 6.04 Å². The van der Waals surface area contributed by atoms with Crippen LogP contribution in [0.15, 0.2) is 156 Å². The first kappa shape index (κ1) is 27.0. The molecule has 2 unspecified atom stereocenters. The van der Waals surface area contributed by atoms with Gasteiger partial charge in [-0.25, -0.2) is 0 Å². The first-order valence-electron chi connectivity index (χ1n) is 15.8. The first-order valence-corrected chi connectivity index (χ1v) is 16.7. The summed E-state index contributed by atoms with van der Waals surface area (Å²) in [5.41, 5.74) is 10.4. The topological polar surface area (TPSA) is 25.2 Å². The molecule has 2 aromatic heterocycles. The van der Waals surface area contributed by atoms with E-state index in [1.807, 2.05) is 11.3 Å². The van der Waals surface area contributed by atoms with Gasteiger partial charge in [-0.1, -0.05) is 103 Å². The number of aryl methyl sites for hydroxylation is 1. The number of fused-ring (bicyclic) bond motifs is 6. The first-order chi connectivity index (χ1) is 22.7. The maximum Gasteiger partial charge on any atom is 0.136 e. The van der Waals surface area contributed by atoms with Crippen LogP contribution >= 0.6 is 11.3 Å². The van der Waals surface area contributed by atoms with Crippen LogP contribution in [0.25, 0.3) is 64.4 Å². The van der Waals surface area contributed by atoms with E-state index in [0.717, 1.165) is 22.2 Å². The monoisotopic (exact) mass is 609 g/mol. The molecule has 0 saturated carbocycles. The minimum Gasteiger partial charge on any atom is -0.456 e. The maximum absolute atomic E-state index is 6.43. The van der Waals surface area contributed by atoms with Gasteiger partial charge in [0.15, 0.2) is 0 Å². The highest BCUT2D eigenvalue weighted by Crippen LogP contribution is 2.42. The normalized spacial score (nSPS) is 16.2. The molecule has 46 heavy (non-hydrogen) atoms. The van der Waals surface area contributed by atoms with Crippen molar-refractivity contribution >= 4 is 59.1 Å². The van der Waals surface area contributed by atoms with E-state index < -0.39 is 0 Å². The second kappa shape index (κ2) is 10.9. The Bertz CT molecular complexity index is 2480. The summed E-state index contributed by atoms with van der Waals surface area (Å²) in [6.45, 7) is 2.21. The standard InChI is InChI=1S/C43H31NOS/c1-27-10-7-19-41-42(27)36-26-31(21-23-40(36)46-41)34-16-9-18-39-43(34)35-25-29(20-22-38(35)45-39)28-11-8-12-30(24-28)33-15-5-6-17-37(33)44-32-13-3-2-4-14-32/h2-26,33,37,44H,1H3. The molecule has 0 aliphatic heterocycles. The van der Waals surface area contributed by atoms with E-state index in [9.17, 15) is 0 Å². The van der Waals surface area contributed by atoms with Crippen LogP contribution in [0.2, 0.25) is 0 Å². The molecule has 0 fully saturated rings. The van der Waals surface area contributed by atoms with Gasteiger partial charge in [0.1, 0.15) is 11.2 Å². The van der Waals surface area contributed by atoms with E-state index in [0.29, 0.717) is 0 Å². The molecule has 0 saturated heterocycles. The summed E-state index contributed by atoms with van der Waals surface area (Å²) in [5.74, 6) is 0.224. The number of furan rings is 1. The zero-order valence-electron chi connectivity index (χ0n) is 25.4. The highest BCUT2D eigenvalue weighted by Gasteiger charge is 2.21. The Morgan fingerprint density at radius 2 is 1.39 bits per heavy atom. The number of anilines is 1. The van der Waals surface area contributed by atoms with Crippen LogP contribution in [0.3, 0.4) is 0 Å². The highest BCUT2D eigenvalue weighted by atomic mass is 32.1. The molecule has 1 aliphatic rings. The molecule has 1 aliphatic carbocycles. The summed E-state index contributed by atoms with van der Waals surface area (Å²) < 4.78 is 9.10. The molecule has 0 spiro atoms. The fourth-order valence-corrected chi connectivity index (χ4v) is 8.30. The van der Waals surface area contributed by atoms with Gasteiger partial charge in [-0.05, 0) is 88.8 Å². The minimum absolute atomic E-state index is 0.173. The minimum atomic E-state index is 0.173. The fourth-order valence-electron chi connectivity index (χ4n) is 7.13. The molecule has 0 bridgehead atoms. The molecule has 0 amide bonds. The summed E-state index contributed by atoms with van der Waals surface area (Å²) in [5, 5.41) is 8.72. The van der Waals surface area contributed by atoms with Crippen LogP contribution in [0, 0.1) is 6.92 Å². The Morgan fingerprint density at radius 3 is 2.33 bits per heavy atom. The van der Waals surface area contributed by atoms with Crippen molar-refractivity contribution < 1.29 is 4.42 Å². The third kappa shape index (κ3) is 4.55. The molecule has 3 heteroatoms. The third-order valence-electron chi connectivity index (χ3n) is 9.36. The molecule has 6 aromatic carbocycles. The lowest BCUT2D eigenvalue weighted by atomic mass is 9.86. The lowest BCUT2D eigenvalue weighted by molar-refractivity contribution is 0.669. The molecule has 2 atom stereocenters. The van der Waals surface area contributed by atoms with Crippen molar-refractivity contribution in [2.75, 3.05) is 5.32 Å². The molecule has 220 valence electrons. The average Bonchev–Trinajstić information content (AvgIpc) is 3.67. The third-order valence-corrected chi connectivity index (χ3v) is 10.5. The number of benzene rings is 6. The maximum atomic E-state index is 6.43. The molecule has 0 radical (unpaired) electrons. The largest absolute Gasteiger partial charge is 0.456 e. The number of hydrogen-bond acceptors (Lipinski definition) is 3. The zero-order valence-corrected chi connectivity index (χ0v) is 26.2. The molecule has 9 rings (SSSR count). The summed E-state index contributed by atoms with van der Waals surface area (Å²) in [6.07, 6.45) is 8.85. The second-order valence-corrected chi connectivity index (χ2v) is 13.3. The summed E-state index contributed by atoms with van der Waals surface area (Å²) in [4.78, 5) is 0. The summed E-state index contributed by atoms with van der Waals surface area (Å²) in [6, 6.07) is 46.2. The van der Waals surface area contributed by atoms with Crippen LogP contribution in [0.5, 0.6) is 0 Å². The number of nitrogens with one attached hydrogen (secondary N) is 1. The number of rotatable bonds is 5. The predicted octanol–water partition coefficient (Wildman–Crippen LogP) is 12.3. The van der Waals surface area contributed by atoms with Gasteiger partial charge in [-0.3, -0.25) is 0 Å². The van der Waals surface area contributed by atoms with E-state index in [-0.39, 0.29) is 12.0 Å². The van der Waals surface area contributed by atoms with Crippen molar-refractivity contribution in [2.24, 2.45) is 0 Å². The Kier molecular flexibility index (Phi) is 6.39. The van der Waals surface area contributed by atoms with Gasteiger partial charge in [0, 0.05) is 42.6 Å². The van der Waals surface area contributed by atoms with E-state index in [1.54, 1.807) is 0 Å². The molecular formula is C43H31NOS. The van der Waals surface area contributed by atoms with Crippen molar-refractivity contribution in [2.45, 2.75) is 18.9 Å². The smallest absolute Gasteiger partial charge is 0.136 e. The highest BCUT2D eigenvalue weighted by molar-refractivity contribution is 7.25. The van der Waals surface area contributed by atoms with E-state index in [1.165, 1.54) is 58.9 Å². The Labute approximate surface area is 271 Å². The number of hydrogen-bond donors (Lipinski definition) is 1. The Hall–Kier alpha value is -5.38. The molecule has 2 heterocycles. The molecule has 8 aromatic rings. The average molecular weight is 610 g/mol. The Morgan fingerprint density at radius 1 is 0.587 bits per heavy atom. The summed E-state index contributed by atoms with van der Waals surface area (Å²) >= 11 is 1.87. The van der Waals surface area contributed by atoms with Crippen molar-refractivity contribution in [3.05, 3.63) is 163 Å². The predicted molar refractivity (Wildman–Crippen MR) is 197 cm³/mol. The number of allylic oxidation sites excluding steroid dienone is 2. The zero-order chi connectivity index (χ0) is 30.6. The SMILES string of the molecule is Cc1cccc2sc3ccc(-c4cccc5oc6ccc(-c7cccc(C8C=CC=CC8Nc8ccccc8)c7)cc6c45)cc3c12. The molecule has 1 N–H and O–H groups in total. The Balaban J connectivity index is 1.13. The lowest BCUT2D eigenvalue weighted by Gasteiger charge is -2.27. The van der Waals surface area contributed by atoms with Crippen molar-refractivity contribution in [3.63, 3.8) is 0 Å². The lowest BCUT2D eigenvalue weighted by Crippen LogP contribution is -2.25. The second-order valence-electron chi connectivity index (χ2n) is 12.2. The van der Waals surface area contributed by atoms with E-state index in [2.05, 4.69) is 164 Å². The van der Waals surface area contributed by atoms with Gasteiger partial charge >= 0.3 is 0 Å². The molecular weight excluding hydrogens is 579 g/mol. The number of para-hydroxylation sites is 1. The van der Waals surface area contributed by atoms with Crippen LogP contribution in [-0.2, 0) is 0 Å². The van der Waals surface area contributed by atoms with E-state index in [4.69, 9.17) is 4.42 Å². The van der Waals surface area contributed by atoms with Gasteiger partial charge < -0.3 is 9.73 Å². The van der Waals surface area contributed by atoms with Gasteiger partial charge in [-0.2, -0.15) is 0 Å². The van der Waals surface area contributed by atoms with Gasteiger partial charge in [-0.15, -0.1) is 11.3 Å². The van der Waals surface area contributed by atoms with Crippen LogP contribution in [0.1, 0.15) is 17.0 Å².